The van der Waals surface area contributed by atoms with E-state index >= 15 is 0 Å². The molecule has 100 valence electrons. The van der Waals surface area contributed by atoms with Crippen molar-refractivity contribution in [1.82, 2.24) is 0 Å². The average molecular weight is 257 g/mol. The summed E-state index contributed by atoms with van der Waals surface area (Å²) < 4.78 is 32.8. The maximum absolute atomic E-state index is 13.9. The van der Waals surface area contributed by atoms with Crippen molar-refractivity contribution in [2.75, 3.05) is 18.0 Å². The van der Waals surface area contributed by atoms with Gasteiger partial charge in [-0.2, -0.15) is 0 Å². The molecular formula is C13H17F2NO2. The first kappa shape index (κ1) is 13.2. The zero-order valence-electron chi connectivity index (χ0n) is 10.5. The minimum absolute atomic E-state index is 0.0528. The molecule has 0 amide bonds. The van der Waals surface area contributed by atoms with Gasteiger partial charge in [0, 0.05) is 18.7 Å². The summed E-state index contributed by atoms with van der Waals surface area (Å²) in [7, 11) is 0. The van der Waals surface area contributed by atoms with Crippen molar-refractivity contribution in [2.24, 2.45) is 0 Å². The standard InChI is InChI=1S/C13H17F2NO2/c1-8-5-16(6-9(2)18-8)13-10(7-17)3-4-11(14)12(13)15/h3-4,8-9,17H,5-7H2,1-2H3/t8-,9+. The minimum atomic E-state index is -0.900. The predicted octanol–water partition coefficient (Wildman–Crippen LogP) is 2.07. The molecule has 0 spiro atoms. The molecule has 1 aromatic carbocycles. The number of benzene rings is 1. The highest BCUT2D eigenvalue weighted by atomic mass is 19.2. The SMILES string of the molecule is C[C@@H]1CN(c2c(CO)ccc(F)c2F)C[C@H](C)O1. The molecule has 0 saturated carbocycles. The lowest BCUT2D eigenvalue weighted by Gasteiger charge is -2.37. The van der Waals surface area contributed by atoms with E-state index in [4.69, 9.17) is 4.74 Å². The van der Waals surface area contributed by atoms with Gasteiger partial charge in [-0.15, -0.1) is 0 Å². The molecular weight excluding hydrogens is 240 g/mol. The zero-order valence-corrected chi connectivity index (χ0v) is 10.5. The van der Waals surface area contributed by atoms with Gasteiger partial charge in [0.1, 0.15) is 0 Å². The van der Waals surface area contributed by atoms with Crippen LogP contribution in [0.4, 0.5) is 14.5 Å². The van der Waals surface area contributed by atoms with Gasteiger partial charge in [-0.3, -0.25) is 0 Å². The molecule has 3 nitrogen and oxygen atoms in total. The van der Waals surface area contributed by atoms with E-state index in [9.17, 15) is 13.9 Å². The molecule has 1 aliphatic heterocycles. The second-order valence-electron chi connectivity index (χ2n) is 4.69. The van der Waals surface area contributed by atoms with Crippen LogP contribution in [0.25, 0.3) is 0 Å². The third-order valence-electron chi connectivity index (χ3n) is 3.06. The van der Waals surface area contributed by atoms with Gasteiger partial charge in [0.05, 0.1) is 24.5 Å². The second kappa shape index (κ2) is 5.20. The monoisotopic (exact) mass is 257 g/mol. The normalized spacial score (nSPS) is 24.4. The first-order valence-corrected chi connectivity index (χ1v) is 6.01. The number of halogens is 2. The van der Waals surface area contributed by atoms with E-state index in [0.717, 1.165) is 6.07 Å². The van der Waals surface area contributed by atoms with Crippen molar-refractivity contribution < 1.29 is 18.6 Å². The van der Waals surface area contributed by atoms with Gasteiger partial charge in [0.25, 0.3) is 0 Å². The van der Waals surface area contributed by atoms with Crippen LogP contribution >= 0.6 is 0 Å². The molecule has 0 aliphatic carbocycles. The molecule has 0 bridgehead atoms. The van der Waals surface area contributed by atoms with Gasteiger partial charge in [-0.25, -0.2) is 8.78 Å². The summed E-state index contributed by atoms with van der Waals surface area (Å²) in [4.78, 5) is 1.74. The number of hydrogen-bond acceptors (Lipinski definition) is 3. The van der Waals surface area contributed by atoms with Crippen LogP contribution in [-0.4, -0.2) is 30.4 Å². The number of aliphatic hydroxyl groups excluding tert-OH is 1. The van der Waals surface area contributed by atoms with Gasteiger partial charge in [0.2, 0.25) is 0 Å². The molecule has 18 heavy (non-hydrogen) atoms. The smallest absolute Gasteiger partial charge is 0.182 e. The van der Waals surface area contributed by atoms with E-state index in [1.807, 2.05) is 13.8 Å². The van der Waals surface area contributed by atoms with E-state index in [1.54, 1.807) is 4.90 Å². The van der Waals surface area contributed by atoms with Crippen molar-refractivity contribution in [3.8, 4) is 0 Å². The molecule has 1 heterocycles. The lowest BCUT2D eigenvalue weighted by atomic mass is 10.1. The topological polar surface area (TPSA) is 32.7 Å². The van der Waals surface area contributed by atoms with E-state index in [2.05, 4.69) is 0 Å². The summed E-state index contributed by atoms with van der Waals surface area (Å²) in [6.45, 7) is 4.43. The summed E-state index contributed by atoms with van der Waals surface area (Å²) in [6.07, 6.45) is -0.106. The number of nitrogens with zero attached hydrogens (tertiary/aromatic N) is 1. The lowest BCUT2D eigenvalue weighted by Crippen LogP contribution is -2.46. The quantitative estimate of drug-likeness (QED) is 0.880. The van der Waals surface area contributed by atoms with Crippen LogP contribution in [0, 0.1) is 11.6 Å². The minimum Gasteiger partial charge on any atom is -0.392 e. The maximum atomic E-state index is 13.9. The van der Waals surface area contributed by atoms with Gasteiger partial charge in [-0.1, -0.05) is 6.07 Å². The summed E-state index contributed by atoms with van der Waals surface area (Å²) in [5, 5.41) is 9.25. The molecule has 1 N–H and O–H groups in total. The molecule has 5 heteroatoms. The number of ether oxygens (including phenoxy) is 1. The maximum Gasteiger partial charge on any atom is 0.182 e. The van der Waals surface area contributed by atoms with Gasteiger partial charge >= 0.3 is 0 Å². The number of hydrogen-bond donors (Lipinski definition) is 1. The molecule has 1 saturated heterocycles. The largest absolute Gasteiger partial charge is 0.392 e. The molecule has 2 rings (SSSR count). The number of aliphatic hydroxyl groups is 1. The number of rotatable bonds is 2. The fourth-order valence-corrected chi connectivity index (χ4v) is 2.41. The van der Waals surface area contributed by atoms with Gasteiger partial charge in [-0.05, 0) is 19.9 Å². The van der Waals surface area contributed by atoms with Crippen LogP contribution in [-0.2, 0) is 11.3 Å². The van der Waals surface area contributed by atoms with Crippen LogP contribution in [0.5, 0.6) is 0 Å². The highest BCUT2D eigenvalue weighted by Crippen LogP contribution is 2.29. The number of morpholine rings is 1. The summed E-state index contributed by atoms with van der Waals surface area (Å²) in [5.74, 6) is -1.79. The Kier molecular flexibility index (Phi) is 3.82. The zero-order chi connectivity index (χ0) is 13.3. The van der Waals surface area contributed by atoms with Crippen molar-refractivity contribution in [3.63, 3.8) is 0 Å². The Bertz CT molecular complexity index is 429. The third-order valence-corrected chi connectivity index (χ3v) is 3.06. The van der Waals surface area contributed by atoms with Crippen LogP contribution in [0.1, 0.15) is 19.4 Å². The Morgan fingerprint density at radius 1 is 1.28 bits per heavy atom. The van der Waals surface area contributed by atoms with Crippen molar-refractivity contribution in [2.45, 2.75) is 32.7 Å². The first-order valence-electron chi connectivity index (χ1n) is 6.01. The molecule has 0 radical (unpaired) electrons. The highest BCUT2D eigenvalue weighted by molar-refractivity contribution is 5.55. The molecule has 1 aliphatic rings. The van der Waals surface area contributed by atoms with Crippen LogP contribution in [0.3, 0.4) is 0 Å². The summed E-state index contributed by atoms with van der Waals surface area (Å²) in [6, 6.07) is 2.45. The second-order valence-corrected chi connectivity index (χ2v) is 4.69. The molecule has 2 atom stereocenters. The van der Waals surface area contributed by atoms with E-state index in [-0.39, 0.29) is 24.5 Å². The first-order chi connectivity index (χ1) is 8.52. The molecule has 0 aromatic heterocycles. The fourth-order valence-electron chi connectivity index (χ4n) is 2.41. The Labute approximate surface area is 105 Å². The number of anilines is 1. The van der Waals surface area contributed by atoms with E-state index in [0.29, 0.717) is 18.7 Å². The Balaban J connectivity index is 2.39. The molecule has 1 fully saturated rings. The van der Waals surface area contributed by atoms with E-state index < -0.39 is 11.6 Å². The Hall–Kier alpha value is -1.20. The fraction of sp³-hybridized carbons (Fsp3) is 0.538. The predicted molar refractivity (Wildman–Crippen MR) is 64.5 cm³/mol. The molecule has 0 unspecified atom stereocenters. The van der Waals surface area contributed by atoms with E-state index in [1.165, 1.54) is 6.07 Å². The van der Waals surface area contributed by atoms with Crippen LogP contribution in [0.2, 0.25) is 0 Å². The summed E-state index contributed by atoms with van der Waals surface area (Å²) in [5.41, 5.74) is 0.551. The highest BCUT2D eigenvalue weighted by Gasteiger charge is 2.27. The van der Waals surface area contributed by atoms with Crippen LogP contribution in [0.15, 0.2) is 12.1 Å². The van der Waals surface area contributed by atoms with Gasteiger partial charge in [0.15, 0.2) is 11.6 Å². The van der Waals surface area contributed by atoms with Gasteiger partial charge < -0.3 is 14.7 Å². The average Bonchev–Trinajstić information content (AvgIpc) is 2.31. The van der Waals surface area contributed by atoms with Crippen LogP contribution < -0.4 is 4.90 Å². The van der Waals surface area contributed by atoms with Crippen molar-refractivity contribution in [1.29, 1.82) is 0 Å². The van der Waals surface area contributed by atoms with Crippen molar-refractivity contribution >= 4 is 5.69 Å². The lowest BCUT2D eigenvalue weighted by molar-refractivity contribution is -0.00554. The Morgan fingerprint density at radius 3 is 2.44 bits per heavy atom. The van der Waals surface area contributed by atoms with Crippen molar-refractivity contribution in [3.05, 3.63) is 29.3 Å². The summed E-state index contributed by atoms with van der Waals surface area (Å²) >= 11 is 0. The molecule has 1 aromatic rings. The third kappa shape index (κ3) is 2.47. The Morgan fingerprint density at radius 2 is 1.89 bits per heavy atom.